The molecule has 0 radical (unpaired) electrons. The molecule has 0 fully saturated rings. The van der Waals surface area contributed by atoms with E-state index in [4.69, 9.17) is 9.47 Å². The number of halogens is 1. The third-order valence-electron chi connectivity index (χ3n) is 1.71. The van der Waals surface area contributed by atoms with Crippen molar-refractivity contribution in [2.24, 2.45) is 0 Å². The quantitative estimate of drug-likeness (QED) is 0.844. The first-order valence-electron chi connectivity index (χ1n) is 3.79. The van der Waals surface area contributed by atoms with Gasteiger partial charge in [0.2, 0.25) is 0 Å². The highest BCUT2D eigenvalue weighted by Crippen LogP contribution is 2.32. The van der Waals surface area contributed by atoms with Crippen LogP contribution in [-0.4, -0.2) is 24.2 Å². The molecule has 6 heteroatoms. The van der Waals surface area contributed by atoms with Crippen LogP contribution in [-0.2, 0) is 0 Å². The van der Waals surface area contributed by atoms with E-state index in [2.05, 4.69) is 25.9 Å². The van der Waals surface area contributed by atoms with Crippen molar-refractivity contribution >= 4 is 38.3 Å². The molecule has 2 aromatic heterocycles. The zero-order valence-corrected chi connectivity index (χ0v) is 9.98. The zero-order chi connectivity index (χ0) is 10.1. The lowest BCUT2D eigenvalue weighted by Crippen LogP contribution is -1.96. The Balaban J connectivity index is 2.71. The van der Waals surface area contributed by atoms with Gasteiger partial charge in [-0.3, -0.25) is 0 Å². The van der Waals surface area contributed by atoms with Crippen LogP contribution in [0.3, 0.4) is 0 Å². The Bertz CT molecular complexity index is 472. The fraction of sp³-hybridized carbons (Fsp3) is 0.250. The van der Waals surface area contributed by atoms with Gasteiger partial charge in [0.25, 0.3) is 11.8 Å². The minimum atomic E-state index is 0.402. The lowest BCUT2D eigenvalue weighted by Gasteiger charge is -2.04. The lowest BCUT2D eigenvalue weighted by atomic mass is 10.5. The molecule has 0 aromatic carbocycles. The van der Waals surface area contributed by atoms with Crippen molar-refractivity contribution in [2.45, 2.75) is 0 Å². The Kier molecular flexibility index (Phi) is 2.56. The third-order valence-corrected chi connectivity index (χ3v) is 3.39. The second-order valence-corrected chi connectivity index (χ2v) is 4.68. The summed E-state index contributed by atoms with van der Waals surface area (Å²) in [5, 5.41) is 1.91. The van der Waals surface area contributed by atoms with E-state index in [-0.39, 0.29) is 0 Å². The van der Waals surface area contributed by atoms with E-state index >= 15 is 0 Å². The Labute approximate surface area is 93.0 Å². The van der Waals surface area contributed by atoms with Gasteiger partial charge in [-0.2, -0.15) is 0 Å². The molecule has 0 N–H and O–H groups in total. The number of rotatable bonds is 2. The van der Waals surface area contributed by atoms with Crippen molar-refractivity contribution in [1.82, 2.24) is 9.97 Å². The van der Waals surface area contributed by atoms with Crippen LogP contribution in [0, 0.1) is 0 Å². The molecule has 2 heterocycles. The topological polar surface area (TPSA) is 44.2 Å². The van der Waals surface area contributed by atoms with E-state index in [9.17, 15) is 0 Å². The molecule has 2 aromatic rings. The lowest BCUT2D eigenvalue weighted by molar-refractivity contribution is 0.334. The largest absolute Gasteiger partial charge is 0.477 e. The molecule has 2 rings (SSSR count). The molecule has 0 aliphatic rings. The highest BCUT2D eigenvalue weighted by atomic mass is 79.9. The monoisotopic (exact) mass is 274 g/mol. The Morgan fingerprint density at radius 3 is 2.50 bits per heavy atom. The first-order valence-corrected chi connectivity index (χ1v) is 5.46. The van der Waals surface area contributed by atoms with Gasteiger partial charge in [0.1, 0.15) is 11.0 Å². The Morgan fingerprint density at radius 2 is 1.86 bits per heavy atom. The number of hydrogen-bond acceptors (Lipinski definition) is 5. The fourth-order valence-electron chi connectivity index (χ4n) is 1.07. The maximum Gasteiger partial charge on any atom is 0.278 e. The van der Waals surface area contributed by atoms with E-state index in [1.165, 1.54) is 11.3 Å². The summed E-state index contributed by atoms with van der Waals surface area (Å²) >= 11 is 4.93. The molecule has 0 amide bonds. The van der Waals surface area contributed by atoms with E-state index in [1.807, 2.05) is 5.38 Å². The second kappa shape index (κ2) is 3.70. The van der Waals surface area contributed by atoms with E-state index in [0.717, 1.165) is 14.8 Å². The number of thiophene rings is 1. The van der Waals surface area contributed by atoms with Gasteiger partial charge >= 0.3 is 0 Å². The van der Waals surface area contributed by atoms with Crippen LogP contribution in [0.4, 0.5) is 0 Å². The smallest absolute Gasteiger partial charge is 0.278 e. The normalized spacial score (nSPS) is 10.5. The van der Waals surface area contributed by atoms with Crippen LogP contribution < -0.4 is 9.47 Å². The van der Waals surface area contributed by atoms with Crippen molar-refractivity contribution in [3.8, 4) is 11.8 Å². The SMILES string of the molecule is COc1nc2csc(Br)c2nc1OC. The van der Waals surface area contributed by atoms with Crippen molar-refractivity contribution in [2.75, 3.05) is 14.2 Å². The number of fused-ring (bicyclic) bond motifs is 1. The van der Waals surface area contributed by atoms with E-state index in [0.29, 0.717) is 11.8 Å². The first kappa shape index (κ1) is 9.67. The summed E-state index contributed by atoms with van der Waals surface area (Å²) < 4.78 is 11.0. The Morgan fingerprint density at radius 1 is 1.21 bits per heavy atom. The van der Waals surface area contributed by atoms with Crippen molar-refractivity contribution in [3.63, 3.8) is 0 Å². The molecule has 0 saturated carbocycles. The van der Waals surface area contributed by atoms with Gasteiger partial charge < -0.3 is 9.47 Å². The molecule has 0 spiro atoms. The number of hydrogen-bond donors (Lipinski definition) is 0. The molecular formula is C8H7BrN2O2S. The average Bonchev–Trinajstić information content (AvgIpc) is 2.58. The zero-order valence-electron chi connectivity index (χ0n) is 7.57. The molecular weight excluding hydrogens is 268 g/mol. The van der Waals surface area contributed by atoms with Crippen molar-refractivity contribution in [1.29, 1.82) is 0 Å². The minimum Gasteiger partial charge on any atom is -0.477 e. The van der Waals surface area contributed by atoms with Crippen LogP contribution in [0.25, 0.3) is 11.0 Å². The molecule has 0 saturated heterocycles. The maximum atomic E-state index is 5.05. The molecule has 0 atom stereocenters. The summed E-state index contributed by atoms with van der Waals surface area (Å²) in [4.78, 5) is 8.53. The van der Waals surface area contributed by atoms with E-state index in [1.54, 1.807) is 14.2 Å². The molecule has 4 nitrogen and oxygen atoms in total. The van der Waals surface area contributed by atoms with Crippen molar-refractivity contribution in [3.05, 3.63) is 9.17 Å². The van der Waals surface area contributed by atoms with Crippen LogP contribution in [0.1, 0.15) is 0 Å². The van der Waals surface area contributed by atoms with Gasteiger partial charge in [-0.05, 0) is 15.9 Å². The molecule has 74 valence electrons. The highest BCUT2D eigenvalue weighted by molar-refractivity contribution is 9.11. The summed E-state index contributed by atoms with van der Waals surface area (Å²) in [5.41, 5.74) is 1.60. The van der Waals surface area contributed by atoms with Crippen LogP contribution in [0.15, 0.2) is 9.17 Å². The maximum absolute atomic E-state index is 5.05. The van der Waals surface area contributed by atoms with Gasteiger partial charge in [0.15, 0.2) is 0 Å². The molecule has 0 bridgehead atoms. The summed E-state index contributed by atoms with van der Waals surface area (Å²) in [6, 6.07) is 0. The van der Waals surface area contributed by atoms with Crippen LogP contribution >= 0.6 is 27.3 Å². The summed E-state index contributed by atoms with van der Waals surface area (Å²) in [6.45, 7) is 0. The van der Waals surface area contributed by atoms with Gasteiger partial charge in [-0.25, -0.2) is 9.97 Å². The molecule has 0 aliphatic heterocycles. The predicted octanol–water partition coefficient (Wildman–Crippen LogP) is 2.47. The van der Waals surface area contributed by atoms with Gasteiger partial charge in [0, 0.05) is 5.38 Å². The molecule has 14 heavy (non-hydrogen) atoms. The second-order valence-electron chi connectivity index (χ2n) is 2.49. The summed E-state index contributed by atoms with van der Waals surface area (Å²) in [5.74, 6) is 0.810. The first-order chi connectivity index (χ1) is 6.76. The summed E-state index contributed by atoms with van der Waals surface area (Å²) in [7, 11) is 3.08. The number of aromatic nitrogens is 2. The molecule has 0 aliphatic carbocycles. The average molecular weight is 275 g/mol. The number of nitrogens with zero attached hydrogens (tertiary/aromatic N) is 2. The van der Waals surface area contributed by atoms with Gasteiger partial charge in [-0.1, -0.05) is 0 Å². The third kappa shape index (κ3) is 1.44. The summed E-state index contributed by atoms with van der Waals surface area (Å²) in [6.07, 6.45) is 0. The van der Waals surface area contributed by atoms with Crippen LogP contribution in [0.5, 0.6) is 11.8 Å². The highest BCUT2D eigenvalue weighted by Gasteiger charge is 2.12. The van der Waals surface area contributed by atoms with Crippen molar-refractivity contribution < 1.29 is 9.47 Å². The standard InChI is InChI=1S/C8H7BrN2O2S/c1-12-7-8(13-2)11-5-4(10-7)3-14-6(5)9/h3H,1-2H3. The Hall–Kier alpha value is -0.880. The van der Waals surface area contributed by atoms with Gasteiger partial charge in [0.05, 0.1) is 18.0 Å². The van der Waals surface area contributed by atoms with Crippen LogP contribution in [0.2, 0.25) is 0 Å². The predicted molar refractivity (Wildman–Crippen MR) is 58.2 cm³/mol. The number of ether oxygens (including phenoxy) is 2. The van der Waals surface area contributed by atoms with Gasteiger partial charge in [-0.15, -0.1) is 11.3 Å². The van der Waals surface area contributed by atoms with E-state index < -0.39 is 0 Å². The fourth-order valence-corrected chi connectivity index (χ4v) is 2.29. The number of methoxy groups -OCH3 is 2. The molecule has 0 unspecified atom stereocenters. The minimum absolute atomic E-state index is 0.402.